The smallest absolute Gasteiger partial charge is 0.319 e. The van der Waals surface area contributed by atoms with Gasteiger partial charge in [-0.15, -0.1) is 0 Å². The number of hydrogen-bond acceptors (Lipinski definition) is 4. The Labute approximate surface area is 147 Å². The van der Waals surface area contributed by atoms with Gasteiger partial charge >= 0.3 is 6.03 Å². The summed E-state index contributed by atoms with van der Waals surface area (Å²) in [6.07, 6.45) is 0.852. The van der Waals surface area contributed by atoms with Crippen molar-refractivity contribution in [3.63, 3.8) is 0 Å². The molecule has 0 bridgehead atoms. The van der Waals surface area contributed by atoms with Gasteiger partial charge in [-0.05, 0) is 29.8 Å². The maximum absolute atomic E-state index is 12.1. The maximum atomic E-state index is 12.1. The van der Waals surface area contributed by atoms with Crippen molar-refractivity contribution in [2.24, 2.45) is 0 Å². The molecule has 0 atom stereocenters. The van der Waals surface area contributed by atoms with Gasteiger partial charge in [0.1, 0.15) is 0 Å². The van der Waals surface area contributed by atoms with Gasteiger partial charge in [-0.1, -0.05) is 12.1 Å². The number of rotatable bonds is 4. The van der Waals surface area contributed by atoms with E-state index in [1.807, 2.05) is 49.3 Å². The molecule has 0 radical (unpaired) electrons. The Morgan fingerprint density at radius 1 is 1.04 bits per heavy atom. The Morgan fingerprint density at radius 2 is 1.76 bits per heavy atom. The molecule has 2 amide bonds. The van der Waals surface area contributed by atoms with Crippen LogP contribution in [-0.2, 0) is 6.54 Å². The van der Waals surface area contributed by atoms with E-state index in [1.54, 1.807) is 12.1 Å². The van der Waals surface area contributed by atoms with E-state index in [0.717, 1.165) is 17.7 Å². The van der Waals surface area contributed by atoms with Crippen molar-refractivity contribution in [2.75, 3.05) is 37.5 Å². The van der Waals surface area contributed by atoms with Crippen LogP contribution in [0.25, 0.3) is 0 Å². The van der Waals surface area contributed by atoms with Crippen LogP contribution in [0.1, 0.15) is 12.0 Å². The van der Waals surface area contributed by atoms with Crippen LogP contribution in [0.4, 0.5) is 16.2 Å². The van der Waals surface area contributed by atoms with Crippen LogP contribution < -0.4 is 25.0 Å². The summed E-state index contributed by atoms with van der Waals surface area (Å²) in [6.45, 7) is 1.72. The van der Waals surface area contributed by atoms with Crippen LogP contribution >= 0.6 is 0 Å². The van der Waals surface area contributed by atoms with Crippen LogP contribution in [-0.4, -0.2) is 33.3 Å². The molecule has 0 spiro atoms. The van der Waals surface area contributed by atoms with E-state index >= 15 is 0 Å². The van der Waals surface area contributed by atoms with Gasteiger partial charge in [0.15, 0.2) is 11.5 Å². The first-order valence-corrected chi connectivity index (χ1v) is 8.32. The van der Waals surface area contributed by atoms with Gasteiger partial charge in [0.05, 0.1) is 13.2 Å². The lowest BCUT2D eigenvalue weighted by Crippen LogP contribution is -2.28. The topological polar surface area (TPSA) is 62.8 Å². The molecule has 0 fully saturated rings. The molecule has 3 rings (SSSR count). The summed E-state index contributed by atoms with van der Waals surface area (Å²) >= 11 is 0. The van der Waals surface area contributed by atoms with Gasteiger partial charge in [-0.3, -0.25) is 0 Å². The van der Waals surface area contributed by atoms with Gasteiger partial charge in [0.2, 0.25) is 0 Å². The fourth-order valence-corrected chi connectivity index (χ4v) is 2.51. The number of urea groups is 1. The molecule has 2 aromatic rings. The minimum absolute atomic E-state index is 0.258. The molecule has 0 saturated carbocycles. The molecule has 0 unspecified atom stereocenters. The summed E-state index contributed by atoms with van der Waals surface area (Å²) in [7, 11) is 3.99. The van der Waals surface area contributed by atoms with Crippen molar-refractivity contribution < 1.29 is 14.3 Å². The van der Waals surface area contributed by atoms with Crippen molar-refractivity contribution in [1.29, 1.82) is 0 Å². The first-order valence-electron chi connectivity index (χ1n) is 8.32. The summed E-state index contributed by atoms with van der Waals surface area (Å²) in [4.78, 5) is 14.1. The van der Waals surface area contributed by atoms with Gasteiger partial charge in [0, 0.05) is 44.5 Å². The third kappa shape index (κ3) is 4.56. The zero-order chi connectivity index (χ0) is 17.6. The molecular formula is C19H23N3O3. The van der Waals surface area contributed by atoms with Crippen molar-refractivity contribution in [3.05, 3.63) is 48.0 Å². The molecule has 0 saturated heterocycles. The number of anilines is 2. The highest BCUT2D eigenvalue weighted by molar-refractivity contribution is 5.89. The Hall–Kier alpha value is -2.89. The molecule has 132 valence electrons. The lowest BCUT2D eigenvalue weighted by atomic mass is 10.2. The highest BCUT2D eigenvalue weighted by Crippen LogP contribution is 2.32. The highest BCUT2D eigenvalue weighted by atomic mass is 16.5. The van der Waals surface area contributed by atoms with Gasteiger partial charge in [-0.25, -0.2) is 4.79 Å². The number of carbonyl (C=O) groups excluding carboxylic acids is 1. The predicted molar refractivity (Wildman–Crippen MR) is 98.7 cm³/mol. The zero-order valence-corrected chi connectivity index (χ0v) is 14.5. The number of ether oxygens (including phenoxy) is 2. The molecule has 1 aliphatic heterocycles. The molecular weight excluding hydrogens is 318 g/mol. The molecule has 1 heterocycles. The zero-order valence-electron chi connectivity index (χ0n) is 14.5. The van der Waals surface area contributed by atoms with Crippen molar-refractivity contribution in [3.8, 4) is 11.5 Å². The van der Waals surface area contributed by atoms with Crippen LogP contribution in [0.15, 0.2) is 42.5 Å². The summed E-state index contributed by atoms with van der Waals surface area (Å²) in [6, 6.07) is 13.2. The summed E-state index contributed by atoms with van der Waals surface area (Å²) in [5.74, 6) is 1.37. The minimum atomic E-state index is -0.258. The average molecular weight is 341 g/mol. The number of carbonyl (C=O) groups is 1. The van der Waals surface area contributed by atoms with E-state index in [9.17, 15) is 4.79 Å². The second-order valence-corrected chi connectivity index (χ2v) is 6.08. The molecule has 0 aliphatic carbocycles. The molecule has 0 aromatic heterocycles. The predicted octanol–water partition coefficient (Wildman–Crippen LogP) is 3.24. The van der Waals surface area contributed by atoms with E-state index in [-0.39, 0.29) is 6.03 Å². The van der Waals surface area contributed by atoms with Crippen LogP contribution in [0.5, 0.6) is 11.5 Å². The Bertz CT molecular complexity index is 729. The Morgan fingerprint density at radius 3 is 2.48 bits per heavy atom. The van der Waals surface area contributed by atoms with E-state index < -0.39 is 0 Å². The molecule has 2 N–H and O–H groups in total. The van der Waals surface area contributed by atoms with Crippen LogP contribution in [0, 0.1) is 0 Å². The van der Waals surface area contributed by atoms with Crippen LogP contribution in [0.2, 0.25) is 0 Å². The fraction of sp³-hybridized carbons (Fsp3) is 0.316. The third-order valence-corrected chi connectivity index (χ3v) is 3.91. The van der Waals surface area contributed by atoms with E-state index in [2.05, 4.69) is 10.6 Å². The SMILES string of the molecule is CN(C)c1ccc(CNC(=O)Nc2ccc3c(c2)OCCCO3)cc1. The van der Waals surface area contributed by atoms with E-state index in [0.29, 0.717) is 36.9 Å². The number of amides is 2. The highest BCUT2D eigenvalue weighted by Gasteiger charge is 2.11. The lowest BCUT2D eigenvalue weighted by molar-refractivity contribution is 0.251. The number of nitrogens with zero attached hydrogens (tertiary/aromatic N) is 1. The molecule has 25 heavy (non-hydrogen) atoms. The number of hydrogen-bond donors (Lipinski definition) is 2. The van der Waals surface area contributed by atoms with E-state index in [4.69, 9.17) is 9.47 Å². The standard InChI is InChI=1S/C19H23N3O3/c1-22(2)16-7-4-14(5-8-16)13-20-19(23)21-15-6-9-17-18(12-15)25-11-3-10-24-17/h4-9,12H,3,10-11,13H2,1-2H3,(H2,20,21,23). The summed E-state index contributed by atoms with van der Waals surface area (Å²) < 4.78 is 11.2. The van der Waals surface area contributed by atoms with Gasteiger partial charge in [-0.2, -0.15) is 0 Å². The molecule has 1 aliphatic rings. The molecule has 6 nitrogen and oxygen atoms in total. The van der Waals surface area contributed by atoms with Crippen molar-refractivity contribution in [2.45, 2.75) is 13.0 Å². The number of nitrogens with one attached hydrogen (secondary N) is 2. The Kier molecular flexibility index (Phi) is 5.28. The largest absolute Gasteiger partial charge is 0.490 e. The minimum Gasteiger partial charge on any atom is -0.490 e. The quantitative estimate of drug-likeness (QED) is 0.896. The second kappa shape index (κ2) is 7.79. The second-order valence-electron chi connectivity index (χ2n) is 6.08. The average Bonchev–Trinajstić information content (AvgIpc) is 2.85. The first-order chi connectivity index (χ1) is 12.1. The third-order valence-electron chi connectivity index (χ3n) is 3.91. The number of fused-ring (bicyclic) bond motifs is 1. The van der Waals surface area contributed by atoms with Crippen molar-refractivity contribution >= 4 is 17.4 Å². The van der Waals surface area contributed by atoms with E-state index in [1.165, 1.54) is 0 Å². The maximum Gasteiger partial charge on any atom is 0.319 e. The normalized spacial score (nSPS) is 12.9. The van der Waals surface area contributed by atoms with Gasteiger partial charge < -0.3 is 25.0 Å². The van der Waals surface area contributed by atoms with Crippen molar-refractivity contribution in [1.82, 2.24) is 5.32 Å². The lowest BCUT2D eigenvalue weighted by Gasteiger charge is -2.13. The summed E-state index contributed by atoms with van der Waals surface area (Å²) in [5.41, 5.74) is 2.84. The van der Waals surface area contributed by atoms with Crippen LogP contribution in [0.3, 0.4) is 0 Å². The summed E-state index contributed by atoms with van der Waals surface area (Å²) in [5, 5.41) is 5.67. The first kappa shape index (κ1) is 17.0. The molecule has 2 aromatic carbocycles. The molecule has 6 heteroatoms. The number of benzene rings is 2. The van der Waals surface area contributed by atoms with Gasteiger partial charge in [0.25, 0.3) is 0 Å². The fourth-order valence-electron chi connectivity index (χ4n) is 2.51. The Balaban J connectivity index is 1.54. The monoisotopic (exact) mass is 341 g/mol.